The lowest BCUT2D eigenvalue weighted by Gasteiger charge is -2.24. The van der Waals surface area contributed by atoms with Crippen LogP contribution in [0.2, 0.25) is 0 Å². The van der Waals surface area contributed by atoms with E-state index in [0.29, 0.717) is 0 Å². The van der Waals surface area contributed by atoms with Crippen LogP contribution in [-0.2, 0) is 0 Å². The molecular weight excluding hydrogens is 148 g/mol. The zero-order chi connectivity index (χ0) is 9.19. The average molecular weight is 158 g/mol. The van der Waals surface area contributed by atoms with Crippen LogP contribution < -0.4 is 0 Å². The SMILES string of the molecule is CC1=CC(C)(C#N)C(C#N)C=C1. The molecule has 12 heavy (non-hydrogen) atoms. The maximum absolute atomic E-state index is 8.89. The van der Waals surface area contributed by atoms with Crippen molar-refractivity contribution in [3.63, 3.8) is 0 Å². The summed E-state index contributed by atoms with van der Waals surface area (Å²) >= 11 is 0. The summed E-state index contributed by atoms with van der Waals surface area (Å²) in [5.41, 5.74) is 0.402. The molecule has 0 aromatic rings. The molecule has 0 aliphatic heterocycles. The van der Waals surface area contributed by atoms with Gasteiger partial charge >= 0.3 is 0 Å². The third-order valence-electron chi connectivity index (χ3n) is 2.11. The maximum Gasteiger partial charge on any atom is 0.0923 e. The predicted octanol–water partition coefficient (Wildman–Crippen LogP) is 2.17. The van der Waals surface area contributed by atoms with E-state index in [9.17, 15) is 0 Å². The zero-order valence-corrected chi connectivity index (χ0v) is 7.20. The Morgan fingerprint density at radius 3 is 2.67 bits per heavy atom. The molecule has 2 heteroatoms. The third kappa shape index (κ3) is 1.24. The first-order valence-corrected chi connectivity index (χ1v) is 3.81. The summed E-state index contributed by atoms with van der Waals surface area (Å²) in [6, 6.07) is 4.27. The molecule has 1 aliphatic rings. The van der Waals surface area contributed by atoms with Crippen LogP contribution in [0.15, 0.2) is 23.8 Å². The first-order valence-electron chi connectivity index (χ1n) is 3.81. The second-order valence-electron chi connectivity index (χ2n) is 3.25. The van der Waals surface area contributed by atoms with Gasteiger partial charge in [0.2, 0.25) is 0 Å². The zero-order valence-electron chi connectivity index (χ0n) is 7.20. The van der Waals surface area contributed by atoms with E-state index in [-0.39, 0.29) is 5.92 Å². The van der Waals surface area contributed by atoms with Gasteiger partial charge in [-0.3, -0.25) is 0 Å². The summed E-state index contributed by atoms with van der Waals surface area (Å²) in [5, 5.41) is 17.7. The Bertz CT molecular complexity index is 325. The highest BCUT2D eigenvalue weighted by Gasteiger charge is 2.32. The van der Waals surface area contributed by atoms with Crippen molar-refractivity contribution in [1.82, 2.24) is 0 Å². The van der Waals surface area contributed by atoms with Crippen molar-refractivity contribution in [2.75, 3.05) is 0 Å². The van der Waals surface area contributed by atoms with Gasteiger partial charge in [-0.2, -0.15) is 10.5 Å². The van der Waals surface area contributed by atoms with Gasteiger partial charge in [-0.1, -0.05) is 23.8 Å². The largest absolute Gasteiger partial charge is 0.198 e. The van der Waals surface area contributed by atoms with Crippen LogP contribution in [-0.4, -0.2) is 0 Å². The van der Waals surface area contributed by atoms with Crippen LogP contribution >= 0.6 is 0 Å². The highest BCUT2D eigenvalue weighted by molar-refractivity contribution is 5.34. The molecule has 2 atom stereocenters. The number of hydrogen-bond donors (Lipinski definition) is 0. The smallest absolute Gasteiger partial charge is 0.0923 e. The molecule has 0 aromatic heterocycles. The highest BCUT2D eigenvalue weighted by Crippen LogP contribution is 2.33. The summed E-state index contributed by atoms with van der Waals surface area (Å²) in [4.78, 5) is 0. The Kier molecular flexibility index (Phi) is 2.02. The van der Waals surface area contributed by atoms with Crippen molar-refractivity contribution in [2.45, 2.75) is 13.8 Å². The molecule has 2 nitrogen and oxygen atoms in total. The van der Waals surface area contributed by atoms with Gasteiger partial charge in [-0.25, -0.2) is 0 Å². The van der Waals surface area contributed by atoms with E-state index in [2.05, 4.69) is 12.1 Å². The summed E-state index contributed by atoms with van der Waals surface area (Å²) in [7, 11) is 0. The Hall–Kier alpha value is -1.54. The fraction of sp³-hybridized carbons (Fsp3) is 0.400. The van der Waals surface area contributed by atoms with Crippen molar-refractivity contribution in [1.29, 1.82) is 10.5 Å². The molecular formula is C10H10N2. The molecule has 0 amide bonds. The van der Waals surface area contributed by atoms with E-state index < -0.39 is 5.41 Å². The van der Waals surface area contributed by atoms with Crippen LogP contribution in [0.1, 0.15) is 13.8 Å². The second-order valence-corrected chi connectivity index (χ2v) is 3.25. The predicted molar refractivity (Wildman–Crippen MR) is 45.7 cm³/mol. The van der Waals surface area contributed by atoms with Crippen LogP contribution in [0.3, 0.4) is 0 Å². The van der Waals surface area contributed by atoms with Crippen molar-refractivity contribution in [3.05, 3.63) is 23.8 Å². The minimum absolute atomic E-state index is 0.314. The summed E-state index contributed by atoms with van der Waals surface area (Å²) < 4.78 is 0. The van der Waals surface area contributed by atoms with Crippen molar-refractivity contribution < 1.29 is 0 Å². The van der Waals surface area contributed by atoms with E-state index in [1.165, 1.54) is 0 Å². The van der Waals surface area contributed by atoms with E-state index in [1.54, 1.807) is 13.0 Å². The molecule has 60 valence electrons. The number of nitriles is 2. The van der Waals surface area contributed by atoms with Crippen LogP contribution in [0.4, 0.5) is 0 Å². The number of allylic oxidation sites excluding steroid dienone is 4. The number of nitrogens with zero attached hydrogens (tertiary/aromatic N) is 2. The first kappa shape index (κ1) is 8.56. The van der Waals surface area contributed by atoms with Crippen LogP contribution in [0.5, 0.6) is 0 Å². The monoisotopic (exact) mass is 158 g/mol. The maximum atomic E-state index is 8.89. The molecule has 1 rings (SSSR count). The average Bonchev–Trinajstić information content (AvgIpc) is 2.05. The quantitative estimate of drug-likeness (QED) is 0.542. The molecule has 2 unspecified atom stereocenters. The molecule has 0 spiro atoms. The van der Waals surface area contributed by atoms with E-state index in [1.807, 2.05) is 19.1 Å². The van der Waals surface area contributed by atoms with Gasteiger partial charge < -0.3 is 0 Å². The first-order chi connectivity index (χ1) is 5.62. The summed E-state index contributed by atoms with van der Waals surface area (Å²) in [5.74, 6) is -0.314. The molecule has 0 aromatic carbocycles. The molecule has 0 radical (unpaired) electrons. The van der Waals surface area contributed by atoms with Gasteiger partial charge in [0.25, 0.3) is 0 Å². The minimum Gasteiger partial charge on any atom is -0.198 e. The highest BCUT2D eigenvalue weighted by atomic mass is 14.4. The molecule has 0 saturated heterocycles. The topological polar surface area (TPSA) is 47.6 Å². The normalized spacial score (nSPS) is 33.3. The van der Waals surface area contributed by atoms with Gasteiger partial charge in [-0.05, 0) is 13.8 Å². The molecule has 0 saturated carbocycles. The van der Waals surface area contributed by atoms with E-state index in [0.717, 1.165) is 5.57 Å². The third-order valence-corrected chi connectivity index (χ3v) is 2.11. The fourth-order valence-electron chi connectivity index (χ4n) is 1.34. The fourth-order valence-corrected chi connectivity index (χ4v) is 1.34. The lowest BCUT2D eigenvalue weighted by Crippen LogP contribution is -2.23. The second kappa shape index (κ2) is 2.83. The standard InChI is InChI=1S/C10H10N2/c1-8-3-4-9(6-11)10(2,5-8)7-12/h3-5,9H,1-2H3. The summed E-state index contributed by atoms with van der Waals surface area (Å²) in [6.07, 6.45) is 5.52. The molecule has 0 heterocycles. The van der Waals surface area contributed by atoms with Gasteiger partial charge in [0.1, 0.15) is 0 Å². The van der Waals surface area contributed by atoms with Crippen molar-refractivity contribution in [3.8, 4) is 12.1 Å². The van der Waals surface area contributed by atoms with Gasteiger partial charge in [0, 0.05) is 0 Å². The molecule has 0 fully saturated rings. The van der Waals surface area contributed by atoms with Gasteiger partial charge in [0.05, 0.1) is 23.5 Å². The van der Waals surface area contributed by atoms with E-state index in [4.69, 9.17) is 10.5 Å². The van der Waals surface area contributed by atoms with E-state index >= 15 is 0 Å². The Morgan fingerprint density at radius 1 is 1.50 bits per heavy atom. The molecule has 0 N–H and O–H groups in total. The number of rotatable bonds is 0. The lowest BCUT2D eigenvalue weighted by molar-refractivity contribution is 0.477. The Labute approximate surface area is 72.4 Å². The summed E-state index contributed by atoms with van der Waals surface area (Å²) in [6.45, 7) is 3.72. The van der Waals surface area contributed by atoms with Crippen molar-refractivity contribution in [2.24, 2.45) is 11.3 Å². The van der Waals surface area contributed by atoms with Crippen LogP contribution in [0, 0.1) is 34.0 Å². The Morgan fingerprint density at radius 2 is 2.17 bits per heavy atom. The van der Waals surface area contributed by atoms with Gasteiger partial charge in [0.15, 0.2) is 0 Å². The van der Waals surface area contributed by atoms with Crippen molar-refractivity contribution >= 4 is 0 Å². The Balaban J connectivity index is 3.09. The van der Waals surface area contributed by atoms with Crippen LogP contribution in [0.25, 0.3) is 0 Å². The minimum atomic E-state index is -0.645. The molecule has 1 aliphatic carbocycles. The lowest BCUT2D eigenvalue weighted by atomic mass is 9.75. The number of hydrogen-bond acceptors (Lipinski definition) is 2. The van der Waals surface area contributed by atoms with Gasteiger partial charge in [-0.15, -0.1) is 0 Å². The molecule has 0 bridgehead atoms.